The topological polar surface area (TPSA) is 12.0 Å². The van der Waals surface area contributed by atoms with Gasteiger partial charge >= 0.3 is 0 Å². The number of para-hydroxylation sites is 1. The predicted octanol–water partition coefficient (Wildman–Crippen LogP) is 4.85. The van der Waals surface area contributed by atoms with Gasteiger partial charge in [-0.15, -0.1) is 11.8 Å². The van der Waals surface area contributed by atoms with Gasteiger partial charge in [-0.2, -0.15) is 0 Å². The smallest absolute Gasteiger partial charge is 0.0406 e. The summed E-state index contributed by atoms with van der Waals surface area (Å²) >= 11 is 7.68. The highest BCUT2D eigenvalue weighted by atomic mass is 35.5. The van der Waals surface area contributed by atoms with E-state index in [0.29, 0.717) is 0 Å². The lowest BCUT2D eigenvalue weighted by molar-refractivity contribution is 1.21. The molecule has 0 saturated heterocycles. The van der Waals surface area contributed by atoms with E-state index in [1.54, 1.807) is 0 Å². The predicted molar refractivity (Wildman–Crippen MR) is 81.8 cm³/mol. The number of hydrogen-bond acceptors (Lipinski definition) is 2. The molecule has 0 bridgehead atoms. The minimum Gasteiger partial charge on any atom is -0.384 e. The van der Waals surface area contributed by atoms with Crippen molar-refractivity contribution < 1.29 is 0 Å². The number of hydrogen-bond donors (Lipinski definition) is 1. The van der Waals surface area contributed by atoms with E-state index in [2.05, 4.69) is 48.6 Å². The van der Waals surface area contributed by atoms with Crippen molar-refractivity contribution in [1.29, 1.82) is 0 Å². The van der Waals surface area contributed by atoms with Crippen molar-refractivity contribution >= 4 is 29.1 Å². The third-order valence-corrected chi connectivity index (χ3v) is 3.91. The van der Waals surface area contributed by atoms with Gasteiger partial charge in [-0.3, -0.25) is 0 Å². The number of halogens is 1. The molecule has 0 fully saturated rings. The third kappa shape index (κ3) is 3.97. The molecule has 0 atom stereocenters. The highest BCUT2D eigenvalue weighted by Crippen LogP contribution is 2.20. The number of rotatable bonds is 5. The van der Waals surface area contributed by atoms with Crippen molar-refractivity contribution in [3.05, 3.63) is 59.1 Å². The molecule has 0 aliphatic rings. The maximum atomic E-state index is 5.85. The van der Waals surface area contributed by atoms with Gasteiger partial charge in [-0.1, -0.05) is 29.8 Å². The molecule has 2 aromatic carbocycles. The van der Waals surface area contributed by atoms with Gasteiger partial charge in [-0.25, -0.2) is 0 Å². The molecule has 2 aromatic rings. The van der Waals surface area contributed by atoms with Gasteiger partial charge in [0.15, 0.2) is 0 Å². The van der Waals surface area contributed by atoms with Crippen LogP contribution in [0.25, 0.3) is 0 Å². The Morgan fingerprint density at radius 2 is 1.78 bits per heavy atom. The summed E-state index contributed by atoms with van der Waals surface area (Å²) in [5.41, 5.74) is 2.50. The maximum Gasteiger partial charge on any atom is 0.0406 e. The van der Waals surface area contributed by atoms with E-state index in [0.717, 1.165) is 17.3 Å². The summed E-state index contributed by atoms with van der Waals surface area (Å²) in [7, 11) is 0. The first-order valence-corrected chi connectivity index (χ1v) is 7.30. The first kappa shape index (κ1) is 13.3. The van der Waals surface area contributed by atoms with Crippen molar-refractivity contribution in [3.63, 3.8) is 0 Å². The molecule has 0 unspecified atom stereocenters. The second-order valence-corrected chi connectivity index (χ2v) is 5.65. The monoisotopic (exact) mass is 277 g/mol. The Morgan fingerprint density at radius 1 is 1.06 bits per heavy atom. The average molecular weight is 278 g/mol. The maximum absolute atomic E-state index is 5.85. The van der Waals surface area contributed by atoms with Crippen LogP contribution in [0.2, 0.25) is 5.02 Å². The SMILES string of the molecule is Cc1ccccc1NCCSc1ccc(Cl)cc1. The molecule has 1 nitrogen and oxygen atoms in total. The number of benzene rings is 2. The number of thioether (sulfide) groups is 1. The Morgan fingerprint density at radius 3 is 2.50 bits per heavy atom. The van der Waals surface area contributed by atoms with Gasteiger partial charge < -0.3 is 5.32 Å². The highest BCUT2D eigenvalue weighted by molar-refractivity contribution is 7.99. The highest BCUT2D eigenvalue weighted by Gasteiger charge is 1.97. The third-order valence-electron chi connectivity index (χ3n) is 2.64. The Hall–Kier alpha value is -1.12. The fourth-order valence-electron chi connectivity index (χ4n) is 1.66. The van der Waals surface area contributed by atoms with Crippen LogP contribution in [0.5, 0.6) is 0 Å². The van der Waals surface area contributed by atoms with Crippen LogP contribution >= 0.6 is 23.4 Å². The molecule has 0 aliphatic heterocycles. The molecule has 0 spiro atoms. The molecule has 3 heteroatoms. The van der Waals surface area contributed by atoms with Crippen molar-refractivity contribution in [2.75, 3.05) is 17.6 Å². The fourth-order valence-corrected chi connectivity index (χ4v) is 2.55. The fraction of sp³-hybridized carbons (Fsp3) is 0.200. The molecule has 0 aromatic heterocycles. The summed E-state index contributed by atoms with van der Waals surface area (Å²) in [6.07, 6.45) is 0. The molecule has 0 heterocycles. The quantitative estimate of drug-likeness (QED) is 0.619. The van der Waals surface area contributed by atoms with Gasteiger partial charge in [-0.05, 0) is 42.8 Å². The first-order chi connectivity index (χ1) is 8.75. The summed E-state index contributed by atoms with van der Waals surface area (Å²) in [6.45, 7) is 3.08. The van der Waals surface area contributed by atoms with Crippen LogP contribution in [-0.4, -0.2) is 12.3 Å². The van der Waals surface area contributed by atoms with Crippen molar-refractivity contribution in [2.24, 2.45) is 0 Å². The lowest BCUT2D eigenvalue weighted by atomic mass is 10.2. The first-order valence-electron chi connectivity index (χ1n) is 5.93. The lowest BCUT2D eigenvalue weighted by Crippen LogP contribution is -2.04. The summed E-state index contributed by atoms with van der Waals surface area (Å²) in [6, 6.07) is 16.3. The number of anilines is 1. The molecule has 18 heavy (non-hydrogen) atoms. The summed E-state index contributed by atoms with van der Waals surface area (Å²) < 4.78 is 0. The largest absolute Gasteiger partial charge is 0.384 e. The van der Waals surface area contributed by atoms with Crippen LogP contribution in [-0.2, 0) is 0 Å². The van der Waals surface area contributed by atoms with E-state index < -0.39 is 0 Å². The minimum atomic E-state index is 0.789. The zero-order valence-electron chi connectivity index (χ0n) is 10.3. The zero-order chi connectivity index (χ0) is 12.8. The second-order valence-electron chi connectivity index (χ2n) is 4.04. The van der Waals surface area contributed by atoms with Crippen LogP contribution in [0.3, 0.4) is 0 Å². The molecular formula is C15H16ClNS. The van der Waals surface area contributed by atoms with E-state index in [4.69, 9.17) is 11.6 Å². The van der Waals surface area contributed by atoms with Crippen LogP contribution in [0.1, 0.15) is 5.56 Å². The Bertz CT molecular complexity index is 496. The lowest BCUT2D eigenvalue weighted by Gasteiger charge is -2.08. The molecule has 0 saturated carbocycles. The van der Waals surface area contributed by atoms with Crippen LogP contribution in [0.4, 0.5) is 5.69 Å². The van der Waals surface area contributed by atoms with E-state index in [9.17, 15) is 0 Å². The summed E-state index contributed by atoms with van der Waals surface area (Å²) in [5, 5.41) is 4.24. The Balaban J connectivity index is 1.76. The Labute approximate surface area is 118 Å². The van der Waals surface area contributed by atoms with Crippen molar-refractivity contribution in [2.45, 2.75) is 11.8 Å². The average Bonchev–Trinajstić information content (AvgIpc) is 2.39. The standard InChI is InChI=1S/C15H16ClNS/c1-12-4-2-3-5-15(12)17-10-11-18-14-8-6-13(16)7-9-14/h2-9,17H,10-11H2,1H3. The van der Waals surface area contributed by atoms with E-state index >= 15 is 0 Å². The normalized spacial score (nSPS) is 10.3. The summed E-state index contributed by atoms with van der Waals surface area (Å²) in [5.74, 6) is 1.04. The summed E-state index contributed by atoms with van der Waals surface area (Å²) in [4.78, 5) is 1.26. The van der Waals surface area contributed by atoms with E-state index in [1.807, 2.05) is 23.9 Å². The van der Waals surface area contributed by atoms with Gasteiger partial charge in [0, 0.05) is 27.9 Å². The van der Waals surface area contributed by atoms with Gasteiger partial charge in [0.05, 0.1) is 0 Å². The second kappa shape index (κ2) is 6.72. The van der Waals surface area contributed by atoms with Crippen molar-refractivity contribution in [3.8, 4) is 0 Å². The molecule has 0 aliphatic carbocycles. The molecule has 94 valence electrons. The van der Waals surface area contributed by atoms with E-state index in [1.165, 1.54) is 16.1 Å². The molecule has 1 N–H and O–H groups in total. The number of aryl methyl sites for hydroxylation is 1. The van der Waals surface area contributed by atoms with E-state index in [-0.39, 0.29) is 0 Å². The van der Waals surface area contributed by atoms with Crippen LogP contribution in [0.15, 0.2) is 53.4 Å². The van der Waals surface area contributed by atoms with Gasteiger partial charge in [0.2, 0.25) is 0 Å². The minimum absolute atomic E-state index is 0.789. The van der Waals surface area contributed by atoms with Crippen molar-refractivity contribution in [1.82, 2.24) is 0 Å². The van der Waals surface area contributed by atoms with Gasteiger partial charge in [0.25, 0.3) is 0 Å². The van der Waals surface area contributed by atoms with Crippen LogP contribution in [0, 0.1) is 6.92 Å². The zero-order valence-corrected chi connectivity index (χ0v) is 11.9. The molecule has 2 rings (SSSR count). The molecule has 0 amide bonds. The van der Waals surface area contributed by atoms with Gasteiger partial charge in [0.1, 0.15) is 0 Å². The Kier molecular flexibility index (Phi) is 4.97. The molecule has 0 radical (unpaired) electrons. The number of nitrogens with one attached hydrogen (secondary N) is 1. The van der Waals surface area contributed by atoms with Crippen LogP contribution < -0.4 is 5.32 Å². The molecular weight excluding hydrogens is 262 g/mol.